The van der Waals surface area contributed by atoms with Crippen LogP contribution >= 0.6 is 15.9 Å². The monoisotopic (exact) mass is 526 g/mol. The molecule has 1 aliphatic rings. The van der Waals surface area contributed by atoms with Gasteiger partial charge in [0.25, 0.3) is 0 Å². The number of sulfone groups is 1. The van der Waals surface area contributed by atoms with Crippen molar-refractivity contribution in [2.45, 2.75) is 35.7 Å². The molecule has 0 saturated carbocycles. The molecule has 0 radical (unpaired) electrons. The molecule has 2 aromatic heterocycles. The molecule has 170 valence electrons. The van der Waals surface area contributed by atoms with E-state index in [-0.39, 0.29) is 15.9 Å². The highest BCUT2D eigenvalue weighted by Crippen LogP contribution is 2.39. The van der Waals surface area contributed by atoms with Gasteiger partial charge in [0.2, 0.25) is 9.84 Å². The molecule has 1 N–H and O–H groups in total. The van der Waals surface area contributed by atoms with Crippen LogP contribution in [-0.4, -0.2) is 37.7 Å². The standard InChI is InChI=1S/C25H23BrN2O4S/c1-16-2-8-20(9-3-16)33(29,30)24-22(26)15-28-25-23(24)21(14-27-25)17-4-6-18(7-5-17)32-19-10-12-31-13-11-19/h2-9,14-15,19H,10-13H2,1H3,(H,27,28). The van der Waals surface area contributed by atoms with Gasteiger partial charge in [0, 0.05) is 36.2 Å². The van der Waals surface area contributed by atoms with Crippen molar-refractivity contribution in [2.24, 2.45) is 0 Å². The SMILES string of the molecule is Cc1ccc(S(=O)(=O)c2c(Br)cnc3[nH]cc(-c4ccc(OC5CCOCC5)cc4)c23)cc1. The average Bonchev–Trinajstić information content (AvgIpc) is 3.24. The minimum Gasteiger partial charge on any atom is -0.490 e. The fraction of sp³-hybridized carbons (Fsp3) is 0.240. The minimum atomic E-state index is -3.78. The third-order valence-corrected chi connectivity index (χ3v) is 8.56. The van der Waals surface area contributed by atoms with E-state index in [9.17, 15) is 8.42 Å². The number of aromatic nitrogens is 2. The predicted octanol–water partition coefficient (Wildman–Crippen LogP) is 5.69. The molecule has 8 heteroatoms. The van der Waals surface area contributed by atoms with Crippen LogP contribution in [0.3, 0.4) is 0 Å². The molecule has 0 atom stereocenters. The van der Waals surface area contributed by atoms with Crippen molar-refractivity contribution >= 4 is 36.8 Å². The number of ether oxygens (including phenoxy) is 2. The fourth-order valence-electron chi connectivity index (χ4n) is 4.07. The van der Waals surface area contributed by atoms with Crippen LogP contribution in [-0.2, 0) is 14.6 Å². The Kier molecular flexibility index (Phi) is 5.99. The van der Waals surface area contributed by atoms with E-state index in [1.807, 2.05) is 31.2 Å². The quantitative estimate of drug-likeness (QED) is 0.361. The van der Waals surface area contributed by atoms with Crippen LogP contribution in [0.5, 0.6) is 5.75 Å². The summed E-state index contributed by atoms with van der Waals surface area (Å²) >= 11 is 3.44. The summed E-state index contributed by atoms with van der Waals surface area (Å²) in [5, 5.41) is 0.558. The van der Waals surface area contributed by atoms with Crippen LogP contribution in [0.15, 0.2) is 75.2 Å². The van der Waals surface area contributed by atoms with Crippen LogP contribution in [0.1, 0.15) is 18.4 Å². The van der Waals surface area contributed by atoms with E-state index in [1.165, 1.54) is 6.20 Å². The van der Waals surface area contributed by atoms with E-state index in [0.29, 0.717) is 15.5 Å². The van der Waals surface area contributed by atoms with Crippen LogP contribution in [0.25, 0.3) is 22.2 Å². The minimum absolute atomic E-state index is 0.157. The van der Waals surface area contributed by atoms with Gasteiger partial charge in [-0.1, -0.05) is 29.8 Å². The van der Waals surface area contributed by atoms with Crippen molar-refractivity contribution in [1.29, 1.82) is 0 Å². The molecule has 6 nitrogen and oxygen atoms in total. The molecule has 1 saturated heterocycles. The third kappa shape index (κ3) is 4.30. The number of nitrogens with zero attached hydrogens (tertiary/aromatic N) is 1. The lowest BCUT2D eigenvalue weighted by molar-refractivity contribution is 0.0256. The molecule has 0 aliphatic carbocycles. The lowest BCUT2D eigenvalue weighted by Gasteiger charge is -2.23. The summed E-state index contributed by atoms with van der Waals surface area (Å²) in [7, 11) is -3.78. The molecule has 0 amide bonds. The number of aromatic amines is 1. The van der Waals surface area contributed by atoms with Crippen LogP contribution in [0.4, 0.5) is 0 Å². The van der Waals surface area contributed by atoms with E-state index in [1.54, 1.807) is 30.5 Å². The van der Waals surface area contributed by atoms with Crippen molar-refractivity contribution in [2.75, 3.05) is 13.2 Å². The smallest absolute Gasteiger partial charge is 0.208 e. The first kappa shape index (κ1) is 22.1. The largest absolute Gasteiger partial charge is 0.490 e. The number of hydrogen-bond donors (Lipinski definition) is 1. The van der Waals surface area contributed by atoms with Gasteiger partial charge in [0.1, 0.15) is 17.5 Å². The number of fused-ring (bicyclic) bond motifs is 1. The predicted molar refractivity (Wildman–Crippen MR) is 130 cm³/mol. The molecule has 0 unspecified atom stereocenters. The topological polar surface area (TPSA) is 81.3 Å². The number of halogens is 1. The molecule has 33 heavy (non-hydrogen) atoms. The second-order valence-electron chi connectivity index (χ2n) is 8.13. The van der Waals surface area contributed by atoms with Gasteiger partial charge in [0.05, 0.1) is 27.5 Å². The molecule has 5 rings (SSSR count). The maximum Gasteiger partial charge on any atom is 0.208 e. The maximum absolute atomic E-state index is 13.6. The Labute approximate surface area is 201 Å². The number of H-pyrrole nitrogens is 1. The molecule has 0 spiro atoms. The Morgan fingerprint density at radius 3 is 2.45 bits per heavy atom. The van der Waals surface area contributed by atoms with Gasteiger partial charge < -0.3 is 14.5 Å². The Morgan fingerprint density at radius 2 is 1.76 bits per heavy atom. The summed E-state index contributed by atoms with van der Waals surface area (Å²) in [6.07, 6.45) is 5.24. The molecule has 3 heterocycles. The third-order valence-electron chi connectivity index (χ3n) is 5.85. The fourth-order valence-corrected chi connectivity index (χ4v) is 6.52. The molecule has 4 aromatic rings. The van der Waals surface area contributed by atoms with Gasteiger partial charge in [-0.2, -0.15) is 0 Å². The molecule has 0 bridgehead atoms. The molecular formula is C25H23BrN2O4S. The van der Waals surface area contributed by atoms with Crippen molar-refractivity contribution in [3.8, 4) is 16.9 Å². The van der Waals surface area contributed by atoms with E-state index < -0.39 is 9.84 Å². The van der Waals surface area contributed by atoms with Gasteiger partial charge >= 0.3 is 0 Å². The van der Waals surface area contributed by atoms with Gasteiger partial charge in [-0.25, -0.2) is 13.4 Å². The number of pyridine rings is 1. The zero-order valence-corrected chi connectivity index (χ0v) is 20.4. The van der Waals surface area contributed by atoms with Gasteiger partial charge in [-0.05, 0) is 52.7 Å². The Bertz CT molecular complexity index is 1390. The molecular weight excluding hydrogens is 504 g/mol. The van der Waals surface area contributed by atoms with Crippen LogP contribution in [0.2, 0.25) is 0 Å². The van der Waals surface area contributed by atoms with Crippen molar-refractivity contribution in [3.63, 3.8) is 0 Å². The normalized spacial score (nSPS) is 15.1. The van der Waals surface area contributed by atoms with Crippen molar-refractivity contribution in [3.05, 3.63) is 71.0 Å². The Morgan fingerprint density at radius 1 is 1.06 bits per heavy atom. The second kappa shape index (κ2) is 8.93. The van der Waals surface area contributed by atoms with Crippen LogP contribution < -0.4 is 4.74 Å². The first-order valence-corrected chi connectivity index (χ1v) is 13.0. The van der Waals surface area contributed by atoms with Gasteiger partial charge in [0.15, 0.2) is 0 Å². The summed E-state index contributed by atoms with van der Waals surface area (Å²) in [6, 6.07) is 14.6. The van der Waals surface area contributed by atoms with Crippen LogP contribution in [0, 0.1) is 6.92 Å². The first-order chi connectivity index (χ1) is 15.9. The molecule has 1 aliphatic heterocycles. The van der Waals surface area contributed by atoms with E-state index >= 15 is 0 Å². The van der Waals surface area contributed by atoms with E-state index in [0.717, 1.165) is 48.5 Å². The lowest BCUT2D eigenvalue weighted by atomic mass is 10.1. The number of hydrogen-bond acceptors (Lipinski definition) is 5. The summed E-state index contributed by atoms with van der Waals surface area (Å²) in [5.41, 5.74) is 3.16. The lowest BCUT2D eigenvalue weighted by Crippen LogP contribution is -2.25. The molecule has 2 aromatic carbocycles. The number of rotatable bonds is 5. The van der Waals surface area contributed by atoms with Gasteiger partial charge in [-0.15, -0.1) is 0 Å². The summed E-state index contributed by atoms with van der Waals surface area (Å²) in [6.45, 7) is 3.37. The van der Waals surface area contributed by atoms with E-state index in [2.05, 4.69) is 25.9 Å². The Balaban J connectivity index is 1.56. The molecule has 1 fully saturated rings. The zero-order chi connectivity index (χ0) is 23.0. The number of benzene rings is 2. The highest BCUT2D eigenvalue weighted by atomic mass is 79.9. The summed E-state index contributed by atoms with van der Waals surface area (Å²) in [4.78, 5) is 7.97. The second-order valence-corrected chi connectivity index (χ2v) is 10.9. The van der Waals surface area contributed by atoms with Crippen molar-refractivity contribution < 1.29 is 17.9 Å². The highest BCUT2D eigenvalue weighted by molar-refractivity contribution is 9.10. The average molecular weight is 527 g/mol. The maximum atomic E-state index is 13.6. The first-order valence-electron chi connectivity index (χ1n) is 10.8. The Hall–Kier alpha value is -2.68. The summed E-state index contributed by atoms with van der Waals surface area (Å²) in [5.74, 6) is 0.789. The summed E-state index contributed by atoms with van der Waals surface area (Å²) < 4.78 is 39.2. The zero-order valence-electron chi connectivity index (χ0n) is 18.0. The highest BCUT2D eigenvalue weighted by Gasteiger charge is 2.27. The number of aryl methyl sites for hydroxylation is 1. The number of nitrogens with one attached hydrogen (secondary N) is 1. The van der Waals surface area contributed by atoms with Crippen molar-refractivity contribution in [1.82, 2.24) is 9.97 Å². The van der Waals surface area contributed by atoms with Gasteiger partial charge in [-0.3, -0.25) is 0 Å². The van der Waals surface area contributed by atoms with E-state index in [4.69, 9.17) is 9.47 Å².